The van der Waals surface area contributed by atoms with Crippen molar-refractivity contribution in [3.63, 3.8) is 0 Å². The quantitative estimate of drug-likeness (QED) is 0.792. The third-order valence-corrected chi connectivity index (χ3v) is 5.33. The lowest BCUT2D eigenvalue weighted by Crippen LogP contribution is -2.57. The van der Waals surface area contributed by atoms with Crippen molar-refractivity contribution < 1.29 is 0 Å². The molecule has 100 valence electrons. The van der Waals surface area contributed by atoms with Gasteiger partial charge in [-0.3, -0.25) is 4.90 Å². The molecule has 2 aliphatic rings. The molecule has 1 heterocycles. The maximum Gasteiger partial charge on any atom is 0.0350 e. The molecule has 0 radical (unpaired) electrons. The van der Waals surface area contributed by atoms with Gasteiger partial charge in [0.05, 0.1) is 0 Å². The van der Waals surface area contributed by atoms with Crippen LogP contribution in [0.25, 0.3) is 0 Å². The summed E-state index contributed by atoms with van der Waals surface area (Å²) in [6, 6.07) is 0.861. The minimum absolute atomic E-state index is 0.349. The molecule has 0 aromatic rings. The van der Waals surface area contributed by atoms with E-state index < -0.39 is 0 Å². The highest BCUT2D eigenvalue weighted by molar-refractivity contribution is 7.99. The maximum atomic E-state index is 6.16. The van der Waals surface area contributed by atoms with Crippen LogP contribution < -0.4 is 5.73 Å². The first kappa shape index (κ1) is 13.7. The first-order chi connectivity index (χ1) is 8.18. The van der Waals surface area contributed by atoms with Crippen molar-refractivity contribution in [2.24, 2.45) is 11.7 Å². The normalized spacial score (nSPS) is 24.5. The lowest BCUT2D eigenvalue weighted by atomic mass is 9.89. The molecule has 1 saturated heterocycles. The Balaban J connectivity index is 2.01. The SMILES string of the molecule is CC(C)CCN(C1CC1)C1(CN)CCSCC1. The van der Waals surface area contributed by atoms with E-state index in [1.807, 2.05) is 0 Å². The molecule has 1 aliphatic carbocycles. The van der Waals surface area contributed by atoms with Crippen LogP contribution in [0.1, 0.15) is 46.0 Å². The molecule has 0 aromatic carbocycles. The summed E-state index contributed by atoms with van der Waals surface area (Å²) in [6.45, 7) is 6.79. The Hall–Kier alpha value is 0.270. The van der Waals surface area contributed by atoms with Gasteiger partial charge in [-0.15, -0.1) is 0 Å². The Kier molecular flexibility index (Phi) is 4.79. The number of nitrogens with two attached hydrogens (primary N) is 1. The summed E-state index contributed by atoms with van der Waals surface area (Å²) >= 11 is 2.10. The van der Waals surface area contributed by atoms with Crippen LogP contribution in [0.4, 0.5) is 0 Å². The van der Waals surface area contributed by atoms with Crippen LogP contribution in [0.15, 0.2) is 0 Å². The Labute approximate surface area is 111 Å². The second-order valence-electron chi connectivity index (χ2n) is 6.15. The number of nitrogens with zero attached hydrogens (tertiary/aromatic N) is 1. The zero-order valence-electron chi connectivity index (χ0n) is 11.5. The van der Waals surface area contributed by atoms with Crippen LogP contribution in [-0.4, -0.2) is 41.1 Å². The Morgan fingerprint density at radius 2 is 1.94 bits per heavy atom. The van der Waals surface area contributed by atoms with E-state index in [9.17, 15) is 0 Å². The van der Waals surface area contributed by atoms with Gasteiger partial charge in [0, 0.05) is 18.1 Å². The van der Waals surface area contributed by atoms with Crippen molar-refractivity contribution in [2.75, 3.05) is 24.6 Å². The molecule has 3 heteroatoms. The highest BCUT2D eigenvalue weighted by Crippen LogP contribution is 2.39. The van der Waals surface area contributed by atoms with Crippen molar-refractivity contribution >= 4 is 11.8 Å². The van der Waals surface area contributed by atoms with Crippen molar-refractivity contribution in [1.29, 1.82) is 0 Å². The van der Waals surface area contributed by atoms with Gasteiger partial charge in [-0.25, -0.2) is 0 Å². The highest BCUT2D eigenvalue weighted by Gasteiger charge is 2.43. The van der Waals surface area contributed by atoms with E-state index in [4.69, 9.17) is 5.73 Å². The second kappa shape index (κ2) is 5.94. The highest BCUT2D eigenvalue weighted by atomic mass is 32.2. The molecule has 0 amide bonds. The maximum absolute atomic E-state index is 6.16. The third-order valence-electron chi connectivity index (χ3n) is 4.35. The van der Waals surface area contributed by atoms with E-state index in [2.05, 4.69) is 30.5 Å². The molecule has 0 spiro atoms. The Morgan fingerprint density at radius 1 is 1.29 bits per heavy atom. The molecule has 0 bridgehead atoms. The first-order valence-corrected chi connectivity index (χ1v) is 8.38. The standard InChI is InChI=1S/C14H28N2S/c1-12(2)5-8-16(13-3-4-13)14(11-15)6-9-17-10-7-14/h12-13H,3-11,15H2,1-2H3. The lowest BCUT2D eigenvalue weighted by Gasteiger charge is -2.46. The molecule has 2 nitrogen and oxygen atoms in total. The van der Waals surface area contributed by atoms with Crippen LogP contribution in [0.5, 0.6) is 0 Å². The number of hydrogen-bond donors (Lipinski definition) is 1. The topological polar surface area (TPSA) is 29.3 Å². The minimum atomic E-state index is 0.349. The summed E-state index contributed by atoms with van der Waals surface area (Å²) in [5.41, 5.74) is 6.51. The third kappa shape index (κ3) is 3.39. The van der Waals surface area contributed by atoms with Crippen LogP contribution in [-0.2, 0) is 0 Å². The Morgan fingerprint density at radius 3 is 2.41 bits per heavy atom. The lowest BCUT2D eigenvalue weighted by molar-refractivity contribution is 0.0707. The largest absolute Gasteiger partial charge is 0.329 e. The van der Waals surface area contributed by atoms with Crippen LogP contribution in [0.2, 0.25) is 0 Å². The summed E-state index contributed by atoms with van der Waals surface area (Å²) in [4.78, 5) is 2.80. The molecule has 0 aromatic heterocycles. The van der Waals surface area contributed by atoms with E-state index in [-0.39, 0.29) is 0 Å². The molecule has 2 N–H and O–H groups in total. The minimum Gasteiger partial charge on any atom is -0.329 e. The molecule has 1 aliphatic heterocycles. The summed E-state index contributed by atoms with van der Waals surface area (Å²) in [7, 11) is 0. The fourth-order valence-corrected chi connectivity index (χ4v) is 4.20. The van der Waals surface area contributed by atoms with Gasteiger partial charge in [0.25, 0.3) is 0 Å². The van der Waals surface area contributed by atoms with Crippen LogP contribution in [0.3, 0.4) is 0 Å². The monoisotopic (exact) mass is 256 g/mol. The number of hydrogen-bond acceptors (Lipinski definition) is 3. The zero-order chi connectivity index (χ0) is 12.3. The van der Waals surface area contributed by atoms with Crippen molar-refractivity contribution in [3.8, 4) is 0 Å². The predicted octanol–water partition coefficient (Wildman–Crippen LogP) is 2.72. The Bertz CT molecular complexity index is 232. The van der Waals surface area contributed by atoms with E-state index in [0.717, 1.165) is 18.5 Å². The van der Waals surface area contributed by atoms with Gasteiger partial charge >= 0.3 is 0 Å². The van der Waals surface area contributed by atoms with E-state index in [0.29, 0.717) is 5.54 Å². The second-order valence-corrected chi connectivity index (χ2v) is 7.37. The molecular weight excluding hydrogens is 228 g/mol. The van der Waals surface area contributed by atoms with E-state index >= 15 is 0 Å². The van der Waals surface area contributed by atoms with Crippen molar-refractivity contribution in [3.05, 3.63) is 0 Å². The molecule has 2 rings (SSSR count). The smallest absolute Gasteiger partial charge is 0.0350 e. The molecule has 0 unspecified atom stereocenters. The molecule has 0 atom stereocenters. The molecule has 1 saturated carbocycles. The zero-order valence-corrected chi connectivity index (χ0v) is 12.3. The first-order valence-electron chi connectivity index (χ1n) is 7.22. The van der Waals surface area contributed by atoms with Gasteiger partial charge in [-0.1, -0.05) is 13.8 Å². The van der Waals surface area contributed by atoms with Gasteiger partial charge in [0.15, 0.2) is 0 Å². The summed E-state index contributed by atoms with van der Waals surface area (Å²) in [5, 5.41) is 0. The fourth-order valence-electron chi connectivity index (χ4n) is 2.95. The predicted molar refractivity (Wildman–Crippen MR) is 77.5 cm³/mol. The average molecular weight is 256 g/mol. The summed E-state index contributed by atoms with van der Waals surface area (Å²) in [5.74, 6) is 3.42. The van der Waals surface area contributed by atoms with E-state index in [1.165, 1.54) is 50.2 Å². The van der Waals surface area contributed by atoms with Crippen molar-refractivity contribution in [2.45, 2.75) is 57.5 Å². The molecule has 2 fully saturated rings. The average Bonchev–Trinajstić information content (AvgIpc) is 3.14. The fraction of sp³-hybridized carbons (Fsp3) is 1.00. The molecular formula is C14H28N2S. The van der Waals surface area contributed by atoms with Crippen LogP contribution >= 0.6 is 11.8 Å². The van der Waals surface area contributed by atoms with Gasteiger partial charge in [0.2, 0.25) is 0 Å². The van der Waals surface area contributed by atoms with Gasteiger partial charge in [-0.05, 0) is 56.1 Å². The number of thioether (sulfide) groups is 1. The molecule has 17 heavy (non-hydrogen) atoms. The van der Waals surface area contributed by atoms with Crippen LogP contribution in [0, 0.1) is 5.92 Å². The van der Waals surface area contributed by atoms with Gasteiger partial charge in [0.1, 0.15) is 0 Å². The van der Waals surface area contributed by atoms with Gasteiger partial charge < -0.3 is 5.73 Å². The van der Waals surface area contributed by atoms with Gasteiger partial charge in [-0.2, -0.15) is 11.8 Å². The summed E-state index contributed by atoms with van der Waals surface area (Å²) < 4.78 is 0. The van der Waals surface area contributed by atoms with Crippen molar-refractivity contribution in [1.82, 2.24) is 4.90 Å². The summed E-state index contributed by atoms with van der Waals surface area (Å²) in [6.07, 6.45) is 6.76. The number of rotatable bonds is 6. The van der Waals surface area contributed by atoms with E-state index in [1.54, 1.807) is 0 Å².